The molecule has 25 heavy (non-hydrogen) atoms. The van der Waals surface area contributed by atoms with Crippen molar-refractivity contribution < 1.29 is 23.9 Å². The number of amides is 2. The average Bonchev–Trinajstić information content (AvgIpc) is 2.86. The Morgan fingerprint density at radius 2 is 1.92 bits per heavy atom. The molecule has 0 atom stereocenters. The van der Waals surface area contributed by atoms with Crippen molar-refractivity contribution in [3.8, 4) is 5.75 Å². The van der Waals surface area contributed by atoms with Crippen LogP contribution in [0.5, 0.6) is 5.75 Å². The van der Waals surface area contributed by atoms with Gasteiger partial charge >= 0.3 is 5.97 Å². The Bertz CT molecular complexity index is 669. The molecule has 0 N–H and O–H groups in total. The third-order valence-electron chi connectivity index (χ3n) is 3.45. The minimum atomic E-state index is -0.424. The number of rotatable bonds is 8. The molecular weight excluding hydrogens is 342 g/mol. The lowest BCUT2D eigenvalue weighted by atomic mass is 10.2. The molecule has 0 radical (unpaired) electrons. The first-order valence-electron chi connectivity index (χ1n) is 8.19. The molecule has 1 aromatic rings. The molecule has 0 spiro atoms. The summed E-state index contributed by atoms with van der Waals surface area (Å²) in [6.07, 6.45) is 3.41. The molecule has 0 bridgehead atoms. The van der Waals surface area contributed by atoms with E-state index in [0.29, 0.717) is 23.8 Å². The summed E-state index contributed by atoms with van der Waals surface area (Å²) in [5.41, 5.74) is 0.782. The summed E-state index contributed by atoms with van der Waals surface area (Å²) in [6, 6.07) is 6.93. The topological polar surface area (TPSA) is 72.9 Å². The predicted molar refractivity (Wildman–Crippen MR) is 96.2 cm³/mol. The fraction of sp³-hybridized carbons (Fsp3) is 0.389. The second-order valence-electron chi connectivity index (χ2n) is 5.35. The Hall–Kier alpha value is -2.28. The van der Waals surface area contributed by atoms with E-state index in [9.17, 15) is 14.4 Å². The average molecular weight is 363 g/mol. The highest BCUT2D eigenvalue weighted by Gasteiger charge is 2.34. The standard InChI is InChI=1S/C18H21NO5S/c1-3-5-10-19-17(21)15(25-18(19)22)11-13-6-8-14(9-7-13)24-12-16(20)23-4-2/h6-9,11H,3-5,10,12H2,1-2H3. The summed E-state index contributed by atoms with van der Waals surface area (Å²) in [4.78, 5) is 37.1. The molecule has 2 amide bonds. The second-order valence-corrected chi connectivity index (χ2v) is 6.34. The highest BCUT2D eigenvalue weighted by molar-refractivity contribution is 8.18. The van der Waals surface area contributed by atoms with Gasteiger partial charge in [0.25, 0.3) is 11.1 Å². The van der Waals surface area contributed by atoms with Crippen molar-refractivity contribution in [1.82, 2.24) is 4.90 Å². The van der Waals surface area contributed by atoms with Gasteiger partial charge < -0.3 is 9.47 Å². The van der Waals surface area contributed by atoms with E-state index < -0.39 is 5.97 Å². The van der Waals surface area contributed by atoms with Crippen molar-refractivity contribution in [2.45, 2.75) is 26.7 Å². The molecule has 1 aromatic carbocycles. The second kappa shape index (κ2) is 9.27. The Balaban J connectivity index is 1.98. The van der Waals surface area contributed by atoms with Gasteiger partial charge in [-0.1, -0.05) is 25.5 Å². The van der Waals surface area contributed by atoms with Crippen molar-refractivity contribution in [1.29, 1.82) is 0 Å². The molecule has 1 fully saturated rings. The number of carbonyl (C=O) groups excluding carboxylic acids is 3. The predicted octanol–water partition coefficient (Wildman–Crippen LogP) is 3.46. The molecule has 0 aromatic heterocycles. The molecule has 1 saturated heterocycles. The number of ether oxygens (including phenoxy) is 2. The molecule has 6 nitrogen and oxygen atoms in total. The maximum absolute atomic E-state index is 12.3. The van der Waals surface area contributed by atoms with Gasteiger partial charge in [0.15, 0.2) is 6.61 Å². The number of unbranched alkanes of at least 4 members (excludes halogenated alkanes) is 1. The lowest BCUT2D eigenvalue weighted by molar-refractivity contribution is -0.145. The zero-order valence-corrected chi connectivity index (χ0v) is 15.1. The molecule has 7 heteroatoms. The van der Waals surface area contributed by atoms with Gasteiger partial charge in [-0.3, -0.25) is 14.5 Å². The van der Waals surface area contributed by atoms with Crippen LogP contribution in [0.25, 0.3) is 6.08 Å². The van der Waals surface area contributed by atoms with E-state index in [0.717, 1.165) is 30.2 Å². The summed E-state index contributed by atoms with van der Waals surface area (Å²) in [6.45, 7) is 4.37. The molecule has 0 unspecified atom stereocenters. The maximum atomic E-state index is 12.3. The van der Waals surface area contributed by atoms with Gasteiger partial charge in [0.2, 0.25) is 0 Å². The van der Waals surface area contributed by atoms with Crippen molar-refractivity contribution in [2.75, 3.05) is 19.8 Å². The van der Waals surface area contributed by atoms with Gasteiger partial charge in [-0.05, 0) is 48.9 Å². The Morgan fingerprint density at radius 1 is 1.20 bits per heavy atom. The van der Waals surface area contributed by atoms with E-state index in [1.807, 2.05) is 6.92 Å². The highest BCUT2D eigenvalue weighted by atomic mass is 32.2. The molecule has 0 saturated carbocycles. The Morgan fingerprint density at radius 3 is 2.56 bits per heavy atom. The van der Waals surface area contributed by atoms with Crippen molar-refractivity contribution in [2.24, 2.45) is 0 Å². The van der Waals surface area contributed by atoms with Crippen LogP contribution in [-0.2, 0) is 14.3 Å². The number of thioether (sulfide) groups is 1. The first-order valence-corrected chi connectivity index (χ1v) is 9.00. The number of carbonyl (C=O) groups is 3. The van der Waals surface area contributed by atoms with Gasteiger partial charge in [-0.15, -0.1) is 0 Å². The van der Waals surface area contributed by atoms with E-state index in [2.05, 4.69) is 0 Å². The van der Waals surface area contributed by atoms with Crippen molar-refractivity contribution in [3.05, 3.63) is 34.7 Å². The zero-order valence-electron chi connectivity index (χ0n) is 14.3. The van der Waals surface area contributed by atoms with Gasteiger partial charge in [-0.25, -0.2) is 4.79 Å². The SMILES string of the molecule is CCCCN1C(=O)SC(=Cc2ccc(OCC(=O)OCC)cc2)C1=O. The van der Waals surface area contributed by atoms with Crippen molar-refractivity contribution >= 4 is 35.0 Å². The number of imide groups is 1. The van der Waals surface area contributed by atoms with E-state index in [1.165, 1.54) is 4.90 Å². The number of hydrogen-bond acceptors (Lipinski definition) is 6. The van der Waals surface area contributed by atoms with Crippen LogP contribution >= 0.6 is 11.8 Å². The number of hydrogen-bond donors (Lipinski definition) is 0. The first kappa shape index (κ1) is 19.1. The van der Waals surface area contributed by atoms with Crippen LogP contribution in [0.15, 0.2) is 29.2 Å². The van der Waals surface area contributed by atoms with Crippen molar-refractivity contribution in [3.63, 3.8) is 0 Å². The van der Waals surface area contributed by atoms with Crippen LogP contribution in [-0.4, -0.2) is 41.8 Å². The molecular formula is C18H21NO5S. The highest BCUT2D eigenvalue weighted by Crippen LogP contribution is 2.32. The third kappa shape index (κ3) is 5.35. The van der Waals surface area contributed by atoms with Gasteiger partial charge in [0.05, 0.1) is 11.5 Å². The normalized spacial score (nSPS) is 15.8. The molecule has 1 aliphatic rings. The lowest BCUT2D eigenvalue weighted by Crippen LogP contribution is -2.29. The lowest BCUT2D eigenvalue weighted by Gasteiger charge is -2.10. The smallest absolute Gasteiger partial charge is 0.344 e. The maximum Gasteiger partial charge on any atom is 0.344 e. The van der Waals surface area contributed by atoms with Gasteiger partial charge in [0, 0.05) is 6.54 Å². The van der Waals surface area contributed by atoms with Crippen LogP contribution in [0.1, 0.15) is 32.3 Å². The summed E-state index contributed by atoms with van der Waals surface area (Å²) >= 11 is 0.957. The number of esters is 1. The van der Waals surface area contributed by atoms with Gasteiger partial charge in [-0.2, -0.15) is 0 Å². The van der Waals surface area contributed by atoms with Crippen LogP contribution in [0, 0.1) is 0 Å². The van der Waals surface area contributed by atoms with Crippen LogP contribution in [0.2, 0.25) is 0 Å². The Labute approximate surface area is 151 Å². The fourth-order valence-corrected chi connectivity index (χ4v) is 3.03. The summed E-state index contributed by atoms with van der Waals surface area (Å²) in [7, 11) is 0. The minimum Gasteiger partial charge on any atom is -0.482 e. The summed E-state index contributed by atoms with van der Waals surface area (Å²) in [5, 5.41) is -0.223. The van der Waals surface area contributed by atoms with E-state index in [4.69, 9.17) is 9.47 Å². The van der Waals surface area contributed by atoms with E-state index >= 15 is 0 Å². The van der Waals surface area contributed by atoms with Gasteiger partial charge in [0.1, 0.15) is 5.75 Å². The van der Waals surface area contributed by atoms with Crippen LogP contribution in [0.4, 0.5) is 4.79 Å². The zero-order chi connectivity index (χ0) is 18.2. The molecule has 0 aliphatic carbocycles. The number of benzene rings is 1. The largest absolute Gasteiger partial charge is 0.482 e. The molecule has 1 heterocycles. The first-order chi connectivity index (χ1) is 12.0. The summed E-state index contributed by atoms with van der Waals surface area (Å²) in [5.74, 6) is -0.139. The van der Waals surface area contributed by atoms with E-state index in [-0.39, 0.29) is 17.8 Å². The van der Waals surface area contributed by atoms with Crippen LogP contribution in [0.3, 0.4) is 0 Å². The third-order valence-corrected chi connectivity index (χ3v) is 4.36. The minimum absolute atomic E-state index is 0.149. The molecule has 2 rings (SSSR count). The quantitative estimate of drug-likeness (QED) is 0.520. The molecule has 134 valence electrons. The van der Waals surface area contributed by atoms with E-state index in [1.54, 1.807) is 37.3 Å². The Kier molecular flexibility index (Phi) is 7.06. The number of nitrogens with zero attached hydrogens (tertiary/aromatic N) is 1. The summed E-state index contributed by atoms with van der Waals surface area (Å²) < 4.78 is 10.1. The van der Waals surface area contributed by atoms with Crippen LogP contribution < -0.4 is 4.74 Å². The monoisotopic (exact) mass is 363 g/mol. The molecule has 1 aliphatic heterocycles. The fourth-order valence-electron chi connectivity index (χ4n) is 2.17.